The Kier molecular flexibility index (Phi) is 5.42. The Balaban J connectivity index is 2.02. The van der Waals surface area contributed by atoms with Gasteiger partial charge in [-0.25, -0.2) is 0 Å². The van der Waals surface area contributed by atoms with Crippen LogP contribution in [0.3, 0.4) is 0 Å². The maximum atomic E-state index is 5.90. The lowest BCUT2D eigenvalue weighted by atomic mass is 9.84. The molecular formula is C17H25PS. The van der Waals surface area contributed by atoms with E-state index in [1.54, 1.807) is 5.57 Å². The van der Waals surface area contributed by atoms with Crippen molar-refractivity contribution in [2.45, 2.75) is 39.0 Å². The second-order valence-corrected chi connectivity index (χ2v) is 11.4. The van der Waals surface area contributed by atoms with E-state index in [2.05, 4.69) is 50.0 Å². The molecule has 1 aliphatic rings. The molecular weight excluding hydrogens is 267 g/mol. The van der Waals surface area contributed by atoms with E-state index in [9.17, 15) is 0 Å². The van der Waals surface area contributed by atoms with Crippen molar-refractivity contribution in [2.24, 2.45) is 5.92 Å². The van der Waals surface area contributed by atoms with Crippen molar-refractivity contribution >= 4 is 23.1 Å². The summed E-state index contributed by atoms with van der Waals surface area (Å²) in [6.45, 7) is 4.60. The second kappa shape index (κ2) is 6.86. The molecule has 0 amide bonds. The molecule has 104 valence electrons. The van der Waals surface area contributed by atoms with Crippen LogP contribution in [-0.4, -0.2) is 12.8 Å². The highest BCUT2D eigenvalue weighted by molar-refractivity contribution is 8.18. The first kappa shape index (κ1) is 15.0. The minimum absolute atomic E-state index is 0.833. The Morgan fingerprint density at radius 3 is 2.47 bits per heavy atom. The van der Waals surface area contributed by atoms with Gasteiger partial charge in [0.05, 0.1) is 0 Å². The third-order valence-electron chi connectivity index (χ3n) is 4.31. The molecule has 1 atom stereocenters. The molecule has 1 aromatic rings. The topological polar surface area (TPSA) is 0 Å². The van der Waals surface area contributed by atoms with E-state index >= 15 is 0 Å². The Labute approximate surface area is 123 Å². The van der Waals surface area contributed by atoms with Crippen LogP contribution in [0.15, 0.2) is 42.0 Å². The van der Waals surface area contributed by atoms with Gasteiger partial charge in [0.2, 0.25) is 0 Å². The fraction of sp³-hybridized carbons (Fsp3) is 0.529. The molecule has 0 heterocycles. The van der Waals surface area contributed by atoms with Gasteiger partial charge >= 0.3 is 0 Å². The molecule has 1 saturated carbocycles. The van der Waals surface area contributed by atoms with E-state index in [0.29, 0.717) is 0 Å². The van der Waals surface area contributed by atoms with Gasteiger partial charge in [-0.2, -0.15) is 0 Å². The van der Waals surface area contributed by atoms with Crippen LogP contribution in [0, 0.1) is 5.92 Å². The lowest BCUT2D eigenvalue weighted by Gasteiger charge is -2.23. The molecule has 0 nitrogen and oxygen atoms in total. The van der Waals surface area contributed by atoms with E-state index in [0.717, 1.165) is 12.1 Å². The van der Waals surface area contributed by atoms with Gasteiger partial charge < -0.3 is 0 Å². The lowest BCUT2D eigenvalue weighted by Crippen LogP contribution is -2.09. The number of benzene rings is 1. The van der Waals surface area contributed by atoms with E-state index < -0.39 is 6.04 Å². The van der Waals surface area contributed by atoms with E-state index in [4.69, 9.17) is 11.8 Å². The molecule has 0 aliphatic heterocycles. The van der Waals surface area contributed by atoms with Gasteiger partial charge in [0.15, 0.2) is 0 Å². The van der Waals surface area contributed by atoms with Gasteiger partial charge in [0.25, 0.3) is 0 Å². The van der Waals surface area contributed by atoms with Crippen molar-refractivity contribution in [3.8, 4) is 0 Å². The van der Waals surface area contributed by atoms with Crippen molar-refractivity contribution in [1.82, 2.24) is 0 Å². The minimum Gasteiger partial charge on any atom is -0.0925 e. The van der Waals surface area contributed by atoms with Crippen LogP contribution in [0.2, 0.25) is 0 Å². The summed E-state index contributed by atoms with van der Waals surface area (Å²) in [7, 11) is 0. The lowest BCUT2D eigenvalue weighted by molar-refractivity contribution is 0.402. The molecule has 1 unspecified atom stereocenters. The monoisotopic (exact) mass is 292 g/mol. The van der Waals surface area contributed by atoms with Gasteiger partial charge in [0, 0.05) is 0 Å². The SMILES string of the molecule is C/C(=C/CP(C)(=S)c1ccccc1)C1CCCCC1. The summed E-state index contributed by atoms with van der Waals surface area (Å²) in [5, 5.41) is 1.37. The average Bonchev–Trinajstić information content (AvgIpc) is 2.47. The van der Waals surface area contributed by atoms with Crippen molar-refractivity contribution in [3.05, 3.63) is 42.0 Å². The summed E-state index contributed by atoms with van der Waals surface area (Å²) in [5.74, 6) is 0.833. The van der Waals surface area contributed by atoms with E-state index in [1.165, 1.54) is 37.4 Å². The maximum absolute atomic E-state index is 5.90. The van der Waals surface area contributed by atoms with Crippen LogP contribution in [0.25, 0.3) is 0 Å². The van der Waals surface area contributed by atoms with Gasteiger partial charge in [-0.05, 0) is 49.9 Å². The Morgan fingerprint density at radius 1 is 1.21 bits per heavy atom. The molecule has 19 heavy (non-hydrogen) atoms. The normalized spacial score (nSPS) is 21.1. The molecule has 0 aromatic heterocycles. The molecule has 1 aliphatic carbocycles. The molecule has 0 saturated heterocycles. The average molecular weight is 292 g/mol. The summed E-state index contributed by atoms with van der Waals surface area (Å²) >= 11 is 5.90. The predicted octanol–water partition coefficient (Wildman–Crippen LogP) is 4.95. The third-order valence-corrected chi connectivity index (χ3v) is 7.66. The van der Waals surface area contributed by atoms with E-state index in [-0.39, 0.29) is 0 Å². The van der Waals surface area contributed by atoms with Crippen LogP contribution in [-0.2, 0) is 11.8 Å². The quantitative estimate of drug-likeness (QED) is 0.559. The fourth-order valence-electron chi connectivity index (χ4n) is 2.89. The van der Waals surface area contributed by atoms with Crippen LogP contribution < -0.4 is 5.30 Å². The van der Waals surface area contributed by atoms with Gasteiger partial charge in [-0.15, -0.1) is 0 Å². The summed E-state index contributed by atoms with van der Waals surface area (Å²) in [6.07, 6.45) is 10.6. The number of hydrogen-bond acceptors (Lipinski definition) is 1. The van der Waals surface area contributed by atoms with E-state index in [1.807, 2.05) is 0 Å². The highest BCUT2D eigenvalue weighted by Crippen LogP contribution is 2.41. The number of rotatable bonds is 4. The van der Waals surface area contributed by atoms with Crippen LogP contribution in [0.1, 0.15) is 39.0 Å². The summed E-state index contributed by atoms with van der Waals surface area (Å²) in [4.78, 5) is 0. The molecule has 0 bridgehead atoms. The van der Waals surface area contributed by atoms with Crippen molar-refractivity contribution < 1.29 is 0 Å². The Bertz CT molecular complexity index is 469. The highest BCUT2D eigenvalue weighted by Gasteiger charge is 2.16. The Morgan fingerprint density at radius 2 is 1.84 bits per heavy atom. The minimum atomic E-state index is -1.39. The van der Waals surface area contributed by atoms with Gasteiger partial charge in [0.1, 0.15) is 0 Å². The molecule has 1 aromatic carbocycles. The molecule has 0 N–H and O–H groups in total. The zero-order valence-corrected chi connectivity index (χ0v) is 13.9. The van der Waals surface area contributed by atoms with Crippen LogP contribution in [0.5, 0.6) is 0 Å². The number of hydrogen-bond donors (Lipinski definition) is 0. The summed E-state index contributed by atoms with van der Waals surface area (Å²) in [6, 6.07) is 9.29. The zero-order chi connectivity index (χ0) is 13.7. The maximum Gasteiger partial charge on any atom is -0.00158 e. The molecule has 0 radical (unpaired) electrons. The van der Waals surface area contributed by atoms with Crippen LogP contribution >= 0.6 is 6.04 Å². The molecule has 0 spiro atoms. The Hall–Kier alpha value is -0.390. The van der Waals surface area contributed by atoms with Crippen molar-refractivity contribution in [3.63, 3.8) is 0 Å². The zero-order valence-electron chi connectivity index (χ0n) is 12.1. The number of allylic oxidation sites excluding steroid dienone is 2. The molecule has 2 rings (SSSR count). The largest absolute Gasteiger partial charge is 0.0925 e. The van der Waals surface area contributed by atoms with Gasteiger partial charge in [-0.3, -0.25) is 0 Å². The molecule has 1 fully saturated rings. The fourth-order valence-corrected chi connectivity index (χ4v) is 5.13. The van der Waals surface area contributed by atoms with Crippen molar-refractivity contribution in [1.29, 1.82) is 0 Å². The standard InChI is InChI=1S/C17H25PS/c1-15(16-9-5-3-6-10-16)13-14-18(2,19)17-11-7-4-8-12-17/h4,7-8,11-13,16H,3,5-6,9-10,14H2,1-2H3/b15-13-. The van der Waals surface area contributed by atoms with Gasteiger partial charge in [-0.1, -0.05) is 73.1 Å². The summed E-state index contributed by atoms with van der Waals surface area (Å²) < 4.78 is 0. The summed E-state index contributed by atoms with van der Waals surface area (Å²) in [5.41, 5.74) is 1.59. The first-order chi connectivity index (χ1) is 9.09. The third kappa shape index (κ3) is 4.29. The second-order valence-electron chi connectivity index (χ2n) is 5.90. The molecule has 2 heteroatoms. The smallest absolute Gasteiger partial charge is 0.00158 e. The van der Waals surface area contributed by atoms with Crippen LogP contribution in [0.4, 0.5) is 0 Å². The predicted molar refractivity (Wildman–Crippen MR) is 91.5 cm³/mol. The first-order valence-corrected chi connectivity index (χ1v) is 10.8. The first-order valence-electron chi connectivity index (χ1n) is 7.38. The van der Waals surface area contributed by atoms with Crippen molar-refractivity contribution in [2.75, 3.05) is 12.8 Å². The highest BCUT2D eigenvalue weighted by atomic mass is 32.4.